The highest BCUT2D eigenvalue weighted by molar-refractivity contribution is 7.20. The van der Waals surface area contributed by atoms with E-state index < -0.39 is 0 Å². The van der Waals surface area contributed by atoms with Crippen molar-refractivity contribution in [2.45, 2.75) is 13.1 Å². The van der Waals surface area contributed by atoms with Crippen LogP contribution in [0, 0.1) is 0 Å². The summed E-state index contributed by atoms with van der Waals surface area (Å²) in [5.74, 6) is 0. The van der Waals surface area contributed by atoms with Gasteiger partial charge in [0.1, 0.15) is 5.01 Å². The minimum Gasteiger partial charge on any atom is -0.295 e. The number of hydrogen-bond acceptors (Lipinski definition) is 8. The van der Waals surface area contributed by atoms with Crippen LogP contribution in [-0.2, 0) is 13.1 Å². The molecular weight excluding hydrogens is 410 g/mol. The van der Waals surface area contributed by atoms with Gasteiger partial charge in [0, 0.05) is 62.3 Å². The molecule has 0 bridgehead atoms. The van der Waals surface area contributed by atoms with Crippen LogP contribution in [-0.4, -0.2) is 50.3 Å². The van der Waals surface area contributed by atoms with E-state index in [-0.39, 0.29) is 5.56 Å². The summed E-state index contributed by atoms with van der Waals surface area (Å²) >= 11 is 4.96. The van der Waals surface area contributed by atoms with Crippen molar-refractivity contribution in [1.29, 1.82) is 0 Å². The number of piperazine rings is 1. The van der Waals surface area contributed by atoms with Crippen LogP contribution >= 0.6 is 34.0 Å². The zero-order valence-corrected chi connectivity index (χ0v) is 17.6. The standard InChI is InChI=1S/C19H19N5OS3/c25-17-10-14(21-19-24(17)7-9-27-19)11-22-3-5-23(6-4-22)12-15-13-28-18(20-15)16-2-1-8-26-16/h1-2,7-10,13H,3-6,11-12H2. The summed E-state index contributed by atoms with van der Waals surface area (Å²) in [7, 11) is 0. The highest BCUT2D eigenvalue weighted by Crippen LogP contribution is 2.28. The van der Waals surface area contributed by atoms with Crippen LogP contribution in [0.2, 0.25) is 0 Å². The fourth-order valence-electron chi connectivity index (χ4n) is 3.43. The molecule has 1 aliphatic rings. The molecule has 0 aromatic carbocycles. The van der Waals surface area contributed by atoms with Crippen LogP contribution in [0.15, 0.2) is 45.3 Å². The Balaban J connectivity index is 1.18. The Hall–Kier alpha value is -1.91. The second kappa shape index (κ2) is 7.84. The zero-order chi connectivity index (χ0) is 18.9. The monoisotopic (exact) mass is 429 g/mol. The second-order valence-corrected chi connectivity index (χ2v) is 9.49. The molecule has 0 amide bonds. The minimum absolute atomic E-state index is 0.00460. The summed E-state index contributed by atoms with van der Waals surface area (Å²) < 4.78 is 1.60. The summed E-state index contributed by atoms with van der Waals surface area (Å²) in [4.78, 5) is 28.4. The first-order valence-corrected chi connectivity index (χ1v) is 11.8. The summed E-state index contributed by atoms with van der Waals surface area (Å²) in [5.41, 5.74) is 2.02. The predicted molar refractivity (Wildman–Crippen MR) is 115 cm³/mol. The Morgan fingerprint density at radius 2 is 1.71 bits per heavy atom. The van der Waals surface area contributed by atoms with E-state index in [4.69, 9.17) is 4.98 Å². The average Bonchev–Trinajstić information content (AvgIpc) is 3.44. The Kier molecular flexibility index (Phi) is 5.08. The van der Waals surface area contributed by atoms with Gasteiger partial charge >= 0.3 is 0 Å². The lowest BCUT2D eigenvalue weighted by molar-refractivity contribution is 0.120. The minimum atomic E-state index is 0.00460. The van der Waals surface area contributed by atoms with E-state index in [1.165, 1.54) is 16.2 Å². The third-order valence-corrected chi connectivity index (χ3v) is 7.56. The van der Waals surface area contributed by atoms with Crippen molar-refractivity contribution in [3.8, 4) is 9.88 Å². The maximum Gasteiger partial charge on any atom is 0.258 e. The van der Waals surface area contributed by atoms with E-state index in [0.717, 1.165) is 60.6 Å². The molecule has 5 heterocycles. The predicted octanol–water partition coefficient (Wildman–Crippen LogP) is 3.26. The maximum atomic E-state index is 12.1. The molecule has 28 heavy (non-hydrogen) atoms. The van der Waals surface area contributed by atoms with Gasteiger partial charge in [-0.15, -0.1) is 34.0 Å². The van der Waals surface area contributed by atoms with Crippen molar-refractivity contribution in [2.75, 3.05) is 26.2 Å². The molecule has 144 valence electrons. The van der Waals surface area contributed by atoms with Gasteiger partial charge in [-0.05, 0) is 11.4 Å². The number of fused-ring (bicyclic) bond motifs is 1. The van der Waals surface area contributed by atoms with E-state index >= 15 is 0 Å². The molecule has 4 aromatic heterocycles. The molecular formula is C19H19N5OS3. The molecule has 9 heteroatoms. The normalized spacial score (nSPS) is 16.1. The van der Waals surface area contributed by atoms with Gasteiger partial charge < -0.3 is 0 Å². The molecule has 0 radical (unpaired) electrons. The molecule has 0 spiro atoms. The third-order valence-electron chi connectivity index (χ3n) is 4.88. The van der Waals surface area contributed by atoms with Gasteiger partial charge in [0.2, 0.25) is 0 Å². The highest BCUT2D eigenvalue weighted by Gasteiger charge is 2.19. The summed E-state index contributed by atoms with van der Waals surface area (Å²) in [6, 6.07) is 5.85. The number of rotatable bonds is 5. The highest BCUT2D eigenvalue weighted by atomic mass is 32.1. The van der Waals surface area contributed by atoms with Gasteiger partial charge in [-0.3, -0.25) is 19.0 Å². The van der Waals surface area contributed by atoms with Crippen LogP contribution in [0.3, 0.4) is 0 Å². The maximum absolute atomic E-state index is 12.1. The fourth-order valence-corrected chi connectivity index (χ4v) is 5.79. The number of hydrogen-bond donors (Lipinski definition) is 0. The molecule has 0 saturated carbocycles. The van der Waals surface area contributed by atoms with Crippen molar-refractivity contribution in [1.82, 2.24) is 24.2 Å². The molecule has 5 rings (SSSR count). The Morgan fingerprint density at radius 1 is 0.929 bits per heavy atom. The molecule has 0 aliphatic carbocycles. The lowest BCUT2D eigenvalue weighted by atomic mass is 10.2. The molecule has 4 aromatic rings. The summed E-state index contributed by atoms with van der Waals surface area (Å²) in [5, 5.41) is 7.28. The largest absolute Gasteiger partial charge is 0.295 e. The third kappa shape index (κ3) is 3.81. The van der Waals surface area contributed by atoms with Crippen LogP contribution in [0.5, 0.6) is 0 Å². The first kappa shape index (κ1) is 18.1. The zero-order valence-electron chi connectivity index (χ0n) is 15.2. The second-order valence-electron chi connectivity index (χ2n) is 6.81. The quantitative estimate of drug-likeness (QED) is 0.487. The summed E-state index contributed by atoms with van der Waals surface area (Å²) in [6.45, 7) is 5.60. The first-order chi connectivity index (χ1) is 13.7. The molecule has 1 aliphatic heterocycles. The average molecular weight is 430 g/mol. The van der Waals surface area contributed by atoms with Crippen LogP contribution in [0.4, 0.5) is 0 Å². The van der Waals surface area contributed by atoms with Crippen molar-refractivity contribution in [2.24, 2.45) is 0 Å². The van der Waals surface area contributed by atoms with Crippen LogP contribution in [0.25, 0.3) is 14.8 Å². The number of thiazole rings is 2. The molecule has 1 saturated heterocycles. The van der Waals surface area contributed by atoms with Gasteiger partial charge in [-0.1, -0.05) is 6.07 Å². The van der Waals surface area contributed by atoms with E-state index in [1.54, 1.807) is 39.3 Å². The Labute approximate surface area is 174 Å². The molecule has 0 atom stereocenters. The van der Waals surface area contributed by atoms with Crippen molar-refractivity contribution in [3.63, 3.8) is 0 Å². The van der Waals surface area contributed by atoms with Gasteiger partial charge in [0.25, 0.3) is 5.56 Å². The van der Waals surface area contributed by atoms with Crippen molar-refractivity contribution >= 4 is 39.0 Å². The topological polar surface area (TPSA) is 53.7 Å². The number of thiophene rings is 1. The van der Waals surface area contributed by atoms with Crippen molar-refractivity contribution < 1.29 is 0 Å². The smallest absolute Gasteiger partial charge is 0.258 e. The molecule has 6 nitrogen and oxygen atoms in total. The van der Waals surface area contributed by atoms with Gasteiger partial charge in [0.05, 0.1) is 16.3 Å². The van der Waals surface area contributed by atoms with E-state index in [1.807, 2.05) is 5.38 Å². The lowest BCUT2D eigenvalue weighted by Crippen LogP contribution is -2.45. The van der Waals surface area contributed by atoms with E-state index in [9.17, 15) is 4.79 Å². The number of nitrogens with zero attached hydrogens (tertiary/aromatic N) is 5. The van der Waals surface area contributed by atoms with Gasteiger partial charge in [-0.2, -0.15) is 0 Å². The first-order valence-electron chi connectivity index (χ1n) is 9.13. The van der Waals surface area contributed by atoms with E-state index in [0.29, 0.717) is 0 Å². The Bertz CT molecular complexity index is 1120. The lowest BCUT2D eigenvalue weighted by Gasteiger charge is -2.34. The van der Waals surface area contributed by atoms with Crippen molar-refractivity contribution in [3.05, 3.63) is 62.3 Å². The van der Waals surface area contributed by atoms with Crippen LogP contribution in [0.1, 0.15) is 11.4 Å². The van der Waals surface area contributed by atoms with Gasteiger partial charge in [-0.25, -0.2) is 9.97 Å². The molecule has 1 fully saturated rings. The Morgan fingerprint density at radius 3 is 2.46 bits per heavy atom. The van der Waals surface area contributed by atoms with Gasteiger partial charge in [0.15, 0.2) is 4.96 Å². The fraction of sp³-hybridized carbons (Fsp3) is 0.316. The van der Waals surface area contributed by atoms with E-state index in [2.05, 4.69) is 37.7 Å². The molecule has 0 N–H and O–H groups in total. The summed E-state index contributed by atoms with van der Waals surface area (Å²) in [6.07, 6.45) is 1.78. The SMILES string of the molecule is O=c1cc(CN2CCN(Cc3csc(-c4cccs4)n3)CC2)nc2sccn12. The van der Waals surface area contributed by atoms with Crippen LogP contribution < -0.4 is 5.56 Å². The number of aromatic nitrogens is 3. The molecule has 0 unspecified atom stereocenters.